The predicted molar refractivity (Wildman–Crippen MR) is 111 cm³/mol. The van der Waals surface area contributed by atoms with Gasteiger partial charge in [-0.2, -0.15) is 4.31 Å². The summed E-state index contributed by atoms with van der Waals surface area (Å²) in [5, 5.41) is 2.73. The molecule has 2 aromatic rings. The molecule has 0 unspecified atom stereocenters. The number of anilines is 1. The lowest BCUT2D eigenvalue weighted by Gasteiger charge is -2.22. The van der Waals surface area contributed by atoms with Crippen LogP contribution < -0.4 is 5.32 Å². The Kier molecular flexibility index (Phi) is 6.84. The number of carbonyl (C=O) groups is 2. The van der Waals surface area contributed by atoms with Crippen LogP contribution in [0, 0.1) is 5.82 Å². The third-order valence-corrected chi connectivity index (χ3v) is 6.82. The molecule has 160 valence electrons. The molecule has 1 saturated heterocycles. The van der Waals surface area contributed by atoms with E-state index in [-0.39, 0.29) is 36.3 Å². The lowest BCUT2D eigenvalue weighted by Crippen LogP contribution is -2.37. The molecule has 0 atom stereocenters. The van der Waals surface area contributed by atoms with Crippen LogP contribution in [0.2, 0.25) is 0 Å². The number of amides is 2. The van der Waals surface area contributed by atoms with E-state index in [2.05, 4.69) is 5.32 Å². The lowest BCUT2D eigenvalue weighted by atomic mass is 10.1. The molecule has 0 aliphatic carbocycles. The molecule has 1 heterocycles. The highest BCUT2D eigenvalue weighted by atomic mass is 32.2. The minimum Gasteiger partial charge on any atom is -0.337 e. The Morgan fingerprint density at radius 3 is 2.47 bits per heavy atom. The topological polar surface area (TPSA) is 86.8 Å². The monoisotopic (exact) mass is 433 g/mol. The molecule has 0 saturated carbocycles. The summed E-state index contributed by atoms with van der Waals surface area (Å²) in [7, 11) is -3.76. The third-order valence-electron chi connectivity index (χ3n) is 4.91. The number of sulfonamides is 1. The van der Waals surface area contributed by atoms with E-state index in [9.17, 15) is 22.4 Å². The number of carbonyl (C=O) groups excluding carboxylic acids is 2. The van der Waals surface area contributed by atoms with Crippen molar-refractivity contribution >= 4 is 27.5 Å². The van der Waals surface area contributed by atoms with Crippen molar-refractivity contribution in [3.8, 4) is 0 Å². The molecule has 1 N–H and O–H groups in total. The average Bonchev–Trinajstić information content (AvgIpc) is 3.00. The molecular formula is C21H24FN3O4S. The normalized spacial score (nSPS) is 15.5. The summed E-state index contributed by atoms with van der Waals surface area (Å²) in [6.45, 7) is 2.83. The van der Waals surface area contributed by atoms with Crippen LogP contribution in [0.3, 0.4) is 0 Å². The van der Waals surface area contributed by atoms with Gasteiger partial charge in [0.15, 0.2) is 0 Å². The number of rotatable bonds is 5. The van der Waals surface area contributed by atoms with Gasteiger partial charge in [0.1, 0.15) is 5.82 Å². The zero-order chi connectivity index (χ0) is 21.7. The number of nitrogens with zero attached hydrogens (tertiary/aromatic N) is 2. The predicted octanol–water partition coefficient (Wildman–Crippen LogP) is 2.71. The van der Waals surface area contributed by atoms with E-state index in [1.54, 1.807) is 36.1 Å². The molecule has 0 radical (unpaired) electrons. The molecule has 30 heavy (non-hydrogen) atoms. The summed E-state index contributed by atoms with van der Waals surface area (Å²) < 4.78 is 40.1. The first-order valence-electron chi connectivity index (χ1n) is 9.76. The second-order valence-corrected chi connectivity index (χ2v) is 8.92. The minimum absolute atomic E-state index is 0.0306. The fourth-order valence-electron chi connectivity index (χ4n) is 3.25. The van der Waals surface area contributed by atoms with Gasteiger partial charge in [-0.05, 0) is 48.9 Å². The summed E-state index contributed by atoms with van der Waals surface area (Å²) in [4.78, 5) is 26.2. The number of halogens is 1. The standard InChI is InChI=1S/C21H24FN3O4S/c1-2-20(26)23-18-6-3-5-16(15-18)21(27)24-11-4-12-25(14-13-24)30(28,29)19-9-7-17(22)8-10-19/h3,5-10,15H,2,4,11-14H2,1H3,(H,23,26). The SMILES string of the molecule is CCC(=O)Nc1cccc(C(=O)N2CCCN(S(=O)(=O)c3ccc(F)cc3)CC2)c1. The molecule has 0 aromatic heterocycles. The van der Waals surface area contributed by atoms with Crippen molar-refractivity contribution in [2.75, 3.05) is 31.5 Å². The van der Waals surface area contributed by atoms with Gasteiger partial charge in [-0.3, -0.25) is 9.59 Å². The Labute approximate surface area is 175 Å². The first kappa shape index (κ1) is 21.9. The Balaban J connectivity index is 1.70. The number of nitrogens with one attached hydrogen (secondary N) is 1. The van der Waals surface area contributed by atoms with E-state index in [1.807, 2.05) is 0 Å². The van der Waals surface area contributed by atoms with Crippen molar-refractivity contribution in [3.05, 3.63) is 59.9 Å². The van der Waals surface area contributed by atoms with E-state index in [4.69, 9.17) is 0 Å². The van der Waals surface area contributed by atoms with Gasteiger partial charge in [0.2, 0.25) is 15.9 Å². The third kappa shape index (κ3) is 5.03. The van der Waals surface area contributed by atoms with Crippen LogP contribution in [0.15, 0.2) is 53.4 Å². The molecule has 2 amide bonds. The Morgan fingerprint density at radius 1 is 1.03 bits per heavy atom. The van der Waals surface area contributed by atoms with Crippen LogP contribution in [-0.4, -0.2) is 55.6 Å². The van der Waals surface area contributed by atoms with Crippen molar-refractivity contribution < 1.29 is 22.4 Å². The molecule has 1 fully saturated rings. The van der Waals surface area contributed by atoms with Gasteiger partial charge in [-0.15, -0.1) is 0 Å². The number of hydrogen-bond acceptors (Lipinski definition) is 4. The summed E-state index contributed by atoms with van der Waals surface area (Å²) in [6.07, 6.45) is 0.821. The van der Waals surface area contributed by atoms with E-state index < -0.39 is 15.8 Å². The maximum Gasteiger partial charge on any atom is 0.253 e. The summed E-state index contributed by atoms with van der Waals surface area (Å²) in [5.41, 5.74) is 0.974. The summed E-state index contributed by atoms with van der Waals surface area (Å²) in [6, 6.07) is 11.4. The molecule has 1 aliphatic heterocycles. The van der Waals surface area contributed by atoms with Gasteiger partial charge in [-0.1, -0.05) is 13.0 Å². The molecule has 7 nitrogen and oxygen atoms in total. The van der Waals surface area contributed by atoms with Crippen molar-refractivity contribution in [1.29, 1.82) is 0 Å². The lowest BCUT2D eigenvalue weighted by molar-refractivity contribution is -0.115. The van der Waals surface area contributed by atoms with E-state index >= 15 is 0 Å². The molecule has 1 aliphatic rings. The van der Waals surface area contributed by atoms with Crippen LogP contribution >= 0.6 is 0 Å². The quantitative estimate of drug-likeness (QED) is 0.786. The van der Waals surface area contributed by atoms with E-state index in [1.165, 1.54) is 16.4 Å². The summed E-state index contributed by atoms with van der Waals surface area (Å²) in [5.74, 6) is -0.862. The van der Waals surface area contributed by atoms with Crippen LogP contribution in [0.4, 0.5) is 10.1 Å². The first-order valence-corrected chi connectivity index (χ1v) is 11.2. The summed E-state index contributed by atoms with van der Waals surface area (Å²) >= 11 is 0. The molecule has 0 spiro atoms. The second kappa shape index (κ2) is 9.36. The zero-order valence-electron chi connectivity index (χ0n) is 16.7. The molecule has 0 bridgehead atoms. The minimum atomic E-state index is -3.76. The van der Waals surface area contributed by atoms with Crippen LogP contribution in [0.1, 0.15) is 30.1 Å². The fourth-order valence-corrected chi connectivity index (χ4v) is 4.72. The van der Waals surface area contributed by atoms with Crippen molar-refractivity contribution in [2.45, 2.75) is 24.7 Å². The van der Waals surface area contributed by atoms with Crippen molar-refractivity contribution in [3.63, 3.8) is 0 Å². The van der Waals surface area contributed by atoms with Crippen molar-refractivity contribution in [1.82, 2.24) is 9.21 Å². The fraction of sp³-hybridized carbons (Fsp3) is 0.333. The van der Waals surface area contributed by atoms with Gasteiger partial charge in [0, 0.05) is 43.9 Å². The van der Waals surface area contributed by atoms with Gasteiger partial charge in [0.25, 0.3) is 5.91 Å². The van der Waals surface area contributed by atoms with Gasteiger partial charge < -0.3 is 10.2 Å². The highest BCUT2D eigenvalue weighted by Gasteiger charge is 2.28. The molecular weight excluding hydrogens is 409 g/mol. The van der Waals surface area contributed by atoms with Crippen LogP contribution in [0.5, 0.6) is 0 Å². The van der Waals surface area contributed by atoms with Crippen LogP contribution in [0.25, 0.3) is 0 Å². The van der Waals surface area contributed by atoms with Gasteiger partial charge in [-0.25, -0.2) is 12.8 Å². The Morgan fingerprint density at radius 2 is 1.77 bits per heavy atom. The second-order valence-electron chi connectivity index (χ2n) is 6.99. The molecule has 2 aromatic carbocycles. The maximum absolute atomic E-state index is 13.1. The van der Waals surface area contributed by atoms with Gasteiger partial charge >= 0.3 is 0 Å². The zero-order valence-corrected chi connectivity index (χ0v) is 17.5. The highest BCUT2D eigenvalue weighted by Crippen LogP contribution is 2.20. The average molecular weight is 434 g/mol. The Bertz CT molecular complexity index is 1020. The number of benzene rings is 2. The molecule has 3 rings (SSSR count). The maximum atomic E-state index is 13.1. The Hall–Kier alpha value is -2.78. The van der Waals surface area contributed by atoms with Gasteiger partial charge in [0.05, 0.1) is 4.90 Å². The van der Waals surface area contributed by atoms with Crippen LogP contribution in [-0.2, 0) is 14.8 Å². The first-order chi connectivity index (χ1) is 14.3. The number of hydrogen-bond donors (Lipinski definition) is 1. The van der Waals surface area contributed by atoms with Crippen molar-refractivity contribution in [2.24, 2.45) is 0 Å². The van der Waals surface area contributed by atoms with E-state index in [0.717, 1.165) is 12.1 Å². The molecule has 9 heteroatoms. The highest BCUT2D eigenvalue weighted by molar-refractivity contribution is 7.89. The smallest absolute Gasteiger partial charge is 0.253 e. The van der Waals surface area contributed by atoms with E-state index in [0.29, 0.717) is 30.6 Å². The largest absolute Gasteiger partial charge is 0.337 e.